The van der Waals surface area contributed by atoms with Crippen molar-refractivity contribution in [2.75, 3.05) is 12.4 Å². The van der Waals surface area contributed by atoms with Crippen LogP contribution in [0.3, 0.4) is 0 Å². The molecule has 1 aliphatic heterocycles. The van der Waals surface area contributed by atoms with E-state index in [-0.39, 0.29) is 0 Å². The number of fused-ring (bicyclic) bond motifs is 1. The van der Waals surface area contributed by atoms with Crippen molar-refractivity contribution in [2.45, 2.75) is 25.6 Å². The van der Waals surface area contributed by atoms with Gasteiger partial charge in [0.25, 0.3) is 5.91 Å². The second kappa shape index (κ2) is 7.35. The molecule has 3 rings (SSSR count). The minimum absolute atomic E-state index is 0.446. The van der Waals surface area contributed by atoms with Crippen molar-refractivity contribution in [3.05, 3.63) is 58.1 Å². The molecule has 1 amide bonds. The lowest BCUT2D eigenvalue weighted by Gasteiger charge is -2.23. The van der Waals surface area contributed by atoms with Crippen molar-refractivity contribution in [3.63, 3.8) is 0 Å². The average Bonchev–Trinajstić information content (AvgIpc) is 2.71. The number of anilines is 1. The quantitative estimate of drug-likeness (QED) is 0.853. The Bertz CT molecular complexity index is 867. The number of benzene rings is 2. The van der Waals surface area contributed by atoms with Gasteiger partial charge in [0.1, 0.15) is 18.0 Å². The van der Waals surface area contributed by atoms with Crippen LogP contribution in [0.25, 0.3) is 0 Å². The molecule has 26 heavy (non-hydrogen) atoms. The monoisotopic (exact) mass is 375 g/mol. The molecule has 6 nitrogen and oxygen atoms in total. The van der Waals surface area contributed by atoms with Crippen LogP contribution in [0.15, 0.2) is 36.4 Å². The van der Waals surface area contributed by atoms with E-state index >= 15 is 0 Å². The summed E-state index contributed by atoms with van der Waals surface area (Å²) < 4.78 is 11.4. The van der Waals surface area contributed by atoms with Gasteiger partial charge in [-0.25, -0.2) is 0 Å². The highest BCUT2D eigenvalue weighted by molar-refractivity contribution is 6.30. The number of ether oxygens (including phenoxy) is 2. The summed E-state index contributed by atoms with van der Waals surface area (Å²) in [6.07, 6.45) is -2.30. The van der Waals surface area contributed by atoms with Crippen LogP contribution in [-0.4, -0.2) is 30.2 Å². The molecule has 7 heteroatoms. The number of carboxylic acid groups (broad SMARTS) is 1. The summed E-state index contributed by atoms with van der Waals surface area (Å²) in [6, 6.07) is 10.6. The minimum Gasteiger partial charge on any atom is -0.496 e. The summed E-state index contributed by atoms with van der Waals surface area (Å²) in [6.45, 7) is 1.93. The number of amides is 1. The number of rotatable bonds is 4. The third kappa shape index (κ3) is 3.66. The van der Waals surface area contributed by atoms with Gasteiger partial charge >= 0.3 is 5.97 Å². The van der Waals surface area contributed by atoms with Crippen LogP contribution in [0, 0.1) is 6.92 Å². The van der Waals surface area contributed by atoms with Crippen LogP contribution in [-0.2, 0) is 14.3 Å². The molecule has 2 aromatic carbocycles. The molecule has 2 aromatic rings. The first kappa shape index (κ1) is 18.2. The Morgan fingerprint density at radius 1 is 1.27 bits per heavy atom. The number of methoxy groups -OCH3 is 1. The van der Waals surface area contributed by atoms with E-state index < -0.39 is 30.5 Å². The molecule has 0 saturated carbocycles. The Morgan fingerprint density at radius 3 is 2.73 bits per heavy atom. The first-order valence-electron chi connectivity index (χ1n) is 8.01. The number of hydrogen-bond acceptors (Lipinski definition) is 4. The second-order valence-electron chi connectivity index (χ2n) is 6.07. The fraction of sp³-hybridized carbons (Fsp3) is 0.263. The number of aryl methyl sites for hydroxylation is 1. The highest BCUT2D eigenvalue weighted by atomic mass is 35.5. The summed E-state index contributed by atoms with van der Waals surface area (Å²) in [7, 11) is 1.55. The van der Waals surface area contributed by atoms with Crippen molar-refractivity contribution in [1.29, 1.82) is 0 Å². The van der Waals surface area contributed by atoms with Gasteiger partial charge in [0.15, 0.2) is 0 Å². The molecule has 2 atom stereocenters. The Balaban J connectivity index is 2.15. The smallest absolute Gasteiger partial charge is 0.306 e. The zero-order chi connectivity index (χ0) is 18.8. The lowest BCUT2D eigenvalue weighted by molar-refractivity contribution is -0.146. The highest BCUT2D eigenvalue weighted by Crippen LogP contribution is 2.40. The molecule has 0 saturated heterocycles. The van der Waals surface area contributed by atoms with Crippen LogP contribution in [0.4, 0.5) is 5.69 Å². The molecule has 0 aliphatic carbocycles. The number of nitrogens with one attached hydrogen (secondary N) is 1. The van der Waals surface area contributed by atoms with Crippen molar-refractivity contribution in [1.82, 2.24) is 0 Å². The molecule has 136 valence electrons. The predicted molar refractivity (Wildman–Crippen MR) is 96.8 cm³/mol. The van der Waals surface area contributed by atoms with Crippen LogP contribution in [0.1, 0.15) is 29.2 Å². The standard InChI is InChI=1S/C19H18ClNO5/c1-10-3-5-12(15(7-10)25-2)18-13-8-11(20)4-6-14(13)21-19(24)16(26-18)9-17(22)23/h3-8,16,18H,9H2,1-2H3,(H,21,24)(H,22,23). The first-order valence-corrected chi connectivity index (χ1v) is 8.39. The lowest BCUT2D eigenvalue weighted by atomic mass is 9.97. The van der Waals surface area contributed by atoms with E-state index in [1.165, 1.54) is 0 Å². The highest BCUT2D eigenvalue weighted by Gasteiger charge is 2.34. The topological polar surface area (TPSA) is 84.9 Å². The summed E-state index contributed by atoms with van der Waals surface area (Å²) in [5, 5.41) is 12.3. The summed E-state index contributed by atoms with van der Waals surface area (Å²) in [4.78, 5) is 23.6. The van der Waals surface area contributed by atoms with Gasteiger partial charge in [0.2, 0.25) is 0 Å². The third-order valence-corrected chi connectivity index (χ3v) is 4.41. The van der Waals surface area contributed by atoms with E-state index in [0.717, 1.165) is 5.56 Å². The maximum absolute atomic E-state index is 12.4. The molecule has 1 heterocycles. The van der Waals surface area contributed by atoms with Crippen LogP contribution >= 0.6 is 11.6 Å². The molecular weight excluding hydrogens is 358 g/mol. The zero-order valence-electron chi connectivity index (χ0n) is 14.3. The molecule has 0 aromatic heterocycles. The fourth-order valence-corrected chi connectivity index (χ4v) is 3.13. The van der Waals surface area contributed by atoms with Gasteiger partial charge in [-0.05, 0) is 36.8 Å². The van der Waals surface area contributed by atoms with E-state index in [1.54, 1.807) is 25.3 Å². The Morgan fingerprint density at radius 2 is 2.04 bits per heavy atom. The third-order valence-electron chi connectivity index (χ3n) is 4.18. The molecule has 0 radical (unpaired) electrons. The van der Waals surface area contributed by atoms with Gasteiger partial charge in [-0.15, -0.1) is 0 Å². The number of halogens is 1. The second-order valence-corrected chi connectivity index (χ2v) is 6.51. The van der Waals surface area contributed by atoms with Gasteiger partial charge in [-0.1, -0.05) is 23.7 Å². The van der Waals surface area contributed by atoms with Crippen LogP contribution in [0.5, 0.6) is 5.75 Å². The van der Waals surface area contributed by atoms with Crippen LogP contribution < -0.4 is 10.1 Å². The average molecular weight is 376 g/mol. The molecule has 0 fully saturated rings. The molecular formula is C19H18ClNO5. The first-order chi connectivity index (χ1) is 12.4. The van der Waals surface area contributed by atoms with Gasteiger partial charge < -0.3 is 19.9 Å². The summed E-state index contributed by atoms with van der Waals surface area (Å²) in [5.41, 5.74) is 2.86. The molecule has 2 unspecified atom stereocenters. The SMILES string of the molecule is COc1cc(C)ccc1C1OC(CC(=O)O)C(=O)Nc2ccc(Cl)cc21. The van der Waals surface area contributed by atoms with Gasteiger partial charge in [0, 0.05) is 21.8 Å². The van der Waals surface area contributed by atoms with Crippen molar-refractivity contribution < 1.29 is 24.2 Å². The summed E-state index contributed by atoms with van der Waals surface area (Å²) in [5.74, 6) is -1.04. The number of hydrogen-bond donors (Lipinski definition) is 2. The number of aliphatic carboxylic acids is 1. The minimum atomic E-state index is -1.14. The molecule has 0 spiro atoms. The number of carbonyl (C=O) groups is 2. The molecule has 0 bridgehead atoms. The normalized spacial score (nSPS) is 19.3. The largest absolute Gasteiger partial charge is 0.496 e. The van der Waals surface area contributed by atoms with E-state index in [0.29, 0.717) is 27.6 Å². The fourth-order valence-electron chi connectivity index (χ4n) is 2.95. The Kier molecular flexibility index (Phi) is 5.15. The Hall–Kier alpha value is -2.57. The lowest BCUT2D eigenvalue weighted by Crippen LogP contribution is -2.31. The van der Waals surface area contributed by atoms with E-state index in [4.69, 9.17) is 26.2 Å². The van der Waals surface area contributed by atoms with E-state index in [9.17, 15) is 9.59 Å². The van der Waals surface area contributed by atoms with E-state index in [2.05, 4.69) is 5.32 Å². The molecule has 1 aliphatic rings. The van der Waals surface area contributed by atoms with Gasteiger partial charge in [0.05, 0.1) is 13.5 Å². The van der Waals surface area contributed by atoms with Crippen molar-refractivity contribution in [2.24, 2.45) is 0 Å². The van der Waals surface area contributed by atoms with Crippen LogP contribution in [0.2, 0.25) is 5.02 Å². The van der Waals surface area contributed by atoms with Crippen molar-refractivity contribution >= 4 is 29.2 Å². The number of carbonyl (C=O) groups excluding carboxylic acids is 1. The zero-order valence-corrected chi connectivity index (χ0v) is 15.0. The van der Waals surface area contributed by atoms with Gasteiger partial charge in [-0.3, -0.25) is 9.59 Å². The summed E-state index contributed by atoms with van der Waals surface area (Å²) >= 11 is 6.15. The predicted octanol–water partition coefficient (Wildman–Crippen LogP) is 3.56. The maximum atomic E-state index is 12.4. The van der Waals surface area contributed by atoms with Crippen molar-refractivity contribution in [3.8, 4) is 5.75 Å². The number of carboxylic acids is 1. The van der Waals surface area contributed by atoms with Gasteiger partial charge in [-0.2, -0.15) is 0 Å². The Labute approximate surface area is 155 Å². The molecule has 2 N–H and O–H groups in total. The maximum Gasteiger partial charge on any atom is 0.306 e. The van der Waals surface area contributed by atoms with E-state index in [1.807, 2.05) is 25.1 Å².